The molecule has 0 spiro atoms. The first-order valence-electron chi connectivity index (χ1n) is 6.56. The maximum absolute atomic E-state index is 12.0. The number of aromatic nitrogens is 2. The normalized spacial score (nSPS) is 18.2. The van der Waals surface area contributed by atoms with Gasteiger partial charge in [-0.2, -0.15) is 5.10 Å². The highest BCUT2D eigenvalue weighted by molar-refractivity contribution is 6.30. The van der Waals surface area contributed by atoms with E-state index >= 15 is 0 Å². The number of carbonyl (C=O) groups excluding carboxylic acids is 1. The Morgan fingerprint density at radius 3 is 2.72 bits per heavy atom. The smallest absolute Gasteiger partial charge is 0.242 e. The van der Waals surface area contributed by atoms with Gasteiger partial charge in [0.15, 0.2) is 0 Å². The zero-order valence-electron chi connectivity index (χ0n) is 10.9. The van der Waals surface area contributed by atoms with E-state index in [2.05, 4.69) is 10.4 Å². The molecule has 0 bridgehead atoms. The van der Waals surface area contributed by atoms with Crippen molar-refractivity contribution in [3.8, 4) is 0 Å². The van der Waals surface area contributed by atoms with E-state index in [4.69, 9.17) is 11.6 Å². The van der Waals surface area contributed by atoms with Crippen LogP contribution in [0.2, 0.25) is 0 Å². The summed E-state index contributed by atoms with van der Waals surface area (Å²) < 4.78 is 1.81. The Bertz CT molecular complexity index is 410. The molecule has 1 heterocycles. The van der Waals surface area contributed by atoms with E-state index in [1.807, 2.05) is 24.7 Å². The maximum Gasteiger partial charge on any atom is 0.242 e. The standard InChI is InChI=1S/C13H20ClN3O/c1-9(2)17-8-10(7-15-17)12(14)13(18)16-11-5-3-4-6-11/h7-9,11-12H,3-6H2,1-2H3,(H,16,18). The van der Waals surface area contributed by atoms with Crippen LogP contribution in [0, 0.1) is 0 Å². The van der Waals surface area contributed by atoms with Gasteiger partial charge in [-0.15, -0.1) is 11.6 Å². The summed E-state index contributed by atoms with van der Waals surface area (Å²) in [6.45, 7) is 4.08. The highest BCUT2D eigenvalue weighted by atomic mass is 35.5. The number of carbonyl (C=O) groups is 1. The Balaban J connectivity index is 1.96. The van der Waals surface area contributed by atoms with Crippen LogP contribution in [0.4, 0.5) is 0 Å². The molecule has 1 fully saturated rings. The first kappa shape index (κ1) is 13.4. The molecule has 100 valence electrons. The number of hydrogen-bond donors (Lipinski definition) is 1. The third-order valence-corrected chi connectivity index (χ3v) is 3.83. The van der Waals surface area contributed by atoms with Gasteiger partial charge in [-0.25, -0.2) is 0 Å². The molecule has 2 rings (SSSR count). The Kier molecular flexibility index (Phi) is 4.27. The van der Waals surface area contributed by atoms with Gasteiger partial charge in [0.05, 0.1) is 6.20 Å². The van der Waals surface area contributed by atoms with Crippen molar-refractivity contribution >= 4 is 17.5 Å². The summed E-state index contributed by atoms with van der Waals surface area (Å²) in [5.41, 5.74) is 0.765. The molecule has 0 aliphatic heterocycles. The molecule has 1 N–H and O–H groups in total. The number of rotatable bonds is 4. The third-order valence-electron chi connectivity index (χ3n) is 3.37. The van der Waals surface area contributed by atoms with Crippen LogP contribution in [0.15, 0.2) is 12.4 Å². The Labute approximate surface area is 113 Å². The van der Waals surface area contributed by atoms with Crippen LogP contribution in [0.5, 0.6) is 0 Å². The fourth-order valence-corrected chi connectivity index (χ4v) is 2.44. The highest BCUT2D eigenvalue weighted by Gasteiger charge is 2.24. The molecule has 18 heavy (non-hydrogen) atoms. The highest BCUT2D eigenvalue weighted by Crippen LogP contribution is 2.23. The minimum absolute atomic E-state index is 0.105. The molecule has 5 heteroatoms. The molecule has 1 saturated carbocycles. The van der Waals surface area contributed by atoms with Gasteiger partial charge in [0.25, 0.3) is 0 Å². The molecule has 1 aromatic rings. The molecule has 1 aromatic heterocycles. The van der Waals surface area contributed by atoms with Crippen molar-refractivity contribution in [2.45, 2.75) is 57.0 Å². The van der Waals surface area contributed by atoms with Gasteiger partial charge < -0.3 is 5.32 Å². The molecule has 4 nitrogen and oxygen atoms in total. The van der Waals surface area contributed by atoms with Crippen molar-refractivity contribution in [3.63, 3.8) is 0 Å². The minimum atomic E-state index is -0.641. The monoisotopic (exact) mass is 269 g/mol. The summed E-state index contributed by atoms with van der Waals surface area (Å²) in [6.07, 6.45) is 8.05. The van der Waals surface area contributed by atoms with Crippen LogP contribution >= 0.6 is 11.6 Å². The number of nitrogens with zero attached hydrogens (tertiary/aromatic N) is 2. The van der Waals surface area contributed by atoms with E-state index in [0.29, 0.717) is 6.04 Å². The molecule has 1 aliphatic carbocycles. The largest absolute Gasteiger partial charge is 0.352 e. The zero-order chi connectivity index (χ0) is 13.1. The first-order chi connectivity index (χ1) is 8.58. The van der Waals surface area contributed by atoms with Crippen molar-refractivity contribution in [1.29, 1.82) is 0 Å². The van der Waals surface area contributed by atoms with Gasteiger partial charge >= 0.3 is 0 Å². The fourth-order valence-electron chi connectivity index (χ4n) is 2.26. The summed E-state index contributed by atoms with van der Waals surface area (Å²) >= 11 is 6.19. The number of nitrogens with one attached hydrogen (secondary N) is 1. The molecule has 0 radical (unpaired) electrons. The van der Waals surface area contributed by atoms with Crippen LogP contribution in [0.25, 0.3) is 0 Å². The summed E-state index contributed by atoms with van der Waals surface area (Å²) in [5.74, 6) is -0.105. The molecule has 0 saturated heterocycles. The Morgan fingerprint density at radius 2 is 2.17 bits per heavy atom. The molecular formula is C13H20ClN3O. The maximum atomic E-state index is 12.0. The van der Waals surface area contributed by atoms with E-state index in [1.165, 1.54) is 12.8 Å². The van der Waals surface area contributed by atoms with E-state index < -0.39 is 5.38 Å². The van der Waals surface area contributed by atoms with E-state index in [9.17, 15) is 4.79 Å². The van der Waals surface area contributed by atoms with E-state index in [-0.39, 0.29) is 11.9 Å². The average molecular weight is 270 g/mol. The van der Waals surface area contributed by atoms with Gasteiger partial charge in [-0.1, -0.05) is 12.8 Å². The van der Waals surface area contributed by atoms with Crippen LogP contribution in [0.3, 0.4) is 0 Å². The van der Waals surface area contributed by atoms with Gasteiger partial charge in [0.2, 0.25) is 5.91 Å². The predicted molar refractivity (Wildman–Crippen MR) is 71.6 cm³/mol. The predicted octanol–water partition coefficient (Wildman–Crippen LogP) is 2.80. The fraction of sp³-hybridized carbons (Fsp3) is 0.692. The van der Waals surface area contributed by atoms with Crippen LogP contribution < -0.4 is 5.32 Å². The molecule has 1 atom stereocenters. The SMILES string of the molecule is CC(C)n1cc(C(Cl)C(=O)NC2CCCC2)cn1. The minimum Gasteiger partial charge on any atom is -0.352 e. The van der Waals surface area contributed by atoms with Crippen molar-refractivity contribution in [2.24, 2.45) is 0 Å². The Hall–Kier alpha value is -1.03. The van der Waals surface area contributed by atoms with Gasteiger partial charge in [-0.05, 0) is 26.7 Å². The lowest BCUT2D eigenvalue weighted by molar-refractivity contribution is -0.121. The van der Waals surface area contributed by atoms with Gasteiger partial charge in [0.1, 0.15) is 5.38 Å². The van der Waals surface area contributed by atoms with Gasteiger partial charge in [-0.3, -0.25) is 9.48 Å². The molecule has 1 unspecified atom stereocenters. The second-order valence-corrected chi connectivity index (χ2v) is 5.64. The first-order valence-corrected chi connectivity index (χ1v) is 7.00. The topological polar surface area (TPSA) is 46.9 Å². The van der Waals surface area contributed by atoms with E-state index in [1.54, 1.807) is 6.20 Å². The average Bonchev–Trinajstić information content (AvgIpc) is 2.98. The number of halogens is 1. The number of amides is 1. The number of alkyl halides is 1. The molecule has 0 aromatic carbocycles. The second kappa shape index (κ2) is 5.74. The van der Waals surface area contributed by atoms with Crippen LogP contribution in [-0.2, 0) is 4.79 Å². The van der Waals surface area contributed by atoms with Crippen molar-refractivity contribution < 1.29 is 4.79 Å². The summed E-state index contributed by atoms with van der Waals surface area (Å²) in [4.78, 5) is 12.0. The van der Waals surface area contributed by atoms with Crippen molar-refractivity contribution in [1.82, 2.24) is 15.1 Å². The summed E-state index contributed by atoms with van der Waals surface area (Å²) in [7, 11) is 0. The zero-order valence-corrected chi connectivity index (χ0v) is 11.7. The lowest BCUT2D eigenvalue weighted by Crippen LogP contribution is -2.34. The van der Waals surface area contributed by atoms with E-state index in [0.717, 1.165) is 18.4 Å². The van der Waals surface area contributed by atoms with Crippen molar-refractivity contribution in [2.75, 3.05) is 0 Å². The summed E-state index contributed by atoms with van der Waals surface area (Å²) in [6, 6.07) is 0.583. The third kappa shape index (κ3) is 3.05. The van der Waals surface area contributed by atoms with Crippen molar-refractivity contribution in [3.05, 3.63) is 18.0 Å². The lowest BCUT2D eigenvalue weighted by Gasteiger charge is -2.14. The summed E-state index contributed by atoms with van der Waals surface area (Å²) in [5, 5.41) is 6.57. The molecule has 1 aliphatic rings. The Morgan fingerprint density at radius 1 is 1.50 bits per heavy atom. The van der Waals surface area contributed by atoms with Crippen LogP contribution in [-0.4, -0.2) is 21.7 Å². The molecular weight excluding hydrogens is 250 g/mol. The van der Waals surface area contributed by atoms with Gasteiger partial charge in [0, 0.05) is 23.8 Å². The van der Waals surface area contributed by atoms with Crippen LogP contribution in [0.1, 0.15) is 56.5 Å². The number of hydrogen-bond acceptors (Lipinski definition) is 2. The second-order valence-electron chi connectivity index (χ2n) is 5.20. The lowest BCUT2D eigenvalue weighted by atomic mass is 10.2. The quantitative estimate of drug-likeness (QED) is 0.855. The molecule has 1 amide bonds.